The first-order valence-electron chi connectivity index (χ1n) is 5.83. The molecule has 0 bridgehead atoms. The average Bonchev–Trinajstić information content (AvgIpc) is 2.77. The van der Waals surface area contributed by atoms with Gasteiger partial charge in [0.25, 0.3) is 5.69 Å². The molecule has 1 atom stereocenters. The molecule has 0 saturated heterocycles. The summed E-state index contributed by atoms with van der Waals surface area (Å²) in [5.74, 6) is 1.02. The van der Waals surface area contributed by atoms with Crippen molar-refractivity contribution < 1.29 is 9.66 Å². The number of halogens is 2. The molecule has 0 amide bonds. The SMILES string of the molecule is CCC1(C)N=C(c2ccc([N+](=O)[O-])cc2)OC1=CCl.Cl. The Morgan fingerprint density at radius 1 is 1.45 bits per heavy atom. The van der Waals surface area contributed by atoms with Crippen LogP contribution in [0.5, 0.6) is 0 Å². The topological polar surface area (TPSA) is 64.7 Å². The molecular formula is C13H14Cl2N2O3. The third kappa shape index (κ3) is 2.94. The monoisotopic (exact) mass is 316 g/mol. The highest BCUT2D eigenvalue weighted by Crippen LogP contribution is 2.34. The number of hydrogen-bond acceptors (Lipinski definition) is 4. The van der Waals surface area contributed by atoms with Crippen LogP contribution in [-0.2, 0) is 4.74 Å². The van der Waals surface area contributed by atoms with E-state index in [1.807, 2.05) is 13.8 Å². The lowest BCUT2D eigenvalue weighted by Crippen LogP contribution is -2.19. The first-order valence-corrected chi connectivity index (χ1v) is 6.27. The fraction of sp³-hybridized carbons (Fsp3) is 0.308. The first-order chi connectivity index (χ1) is 9.00. The van der Waals surface area contributed by atoms with Crippen LogP contribution >= 0.6 is 24.0 Å². The van der Waals surface area contributed by atoms with Gasteiger partial charge in [0.05, 0.1) is 4.92 Å². The van der Waals surface area contributed by atoms with E-state index in [1.54, 1.807) is 12.1 Å². The number of benzene rings is 1. The molecule has 0 fully saturated rings. The van der Waals surface area contributed by atoms with Crippen molar-refractivity contribution in [3.8, 4) is 0 Å². The number of non-ortho nitro benzene ring substituents is 1. The van der Waals surface area contributed by atoms with Crippen LogP contribution < -0.4 is 0 Å². The van der Waals surface area contributed by atoms with Crippen LogP contribution in [-0.4, -0.2) is 16.4 Å². The number of nitro benzene ring substituents is 1. The quantitative estimate of drug-likeness (QED) is 0.624. The van der Waals surface area contributed by atoms with Crippen LogP contribution in [0.2, 0.25) is 0 Å². The average molecular weight is 317 g/mol. The Hall–Kier alpha value is -1.59. The lowest BCUT2D eigenvalue weighted by molar-refractivity contribution is -0.384. The van der Waals surface area contributed by atoms with Gasteiger partial charge in [0.2, 0.25) is 5.90 Å². The molecule has 1 aliphatic rings. The van der Waals surface area contributed by atoms with Crippen molar-refractivity contribution in [3.05, 3.63) is 51.2 Å². The second-order valence-corrected chi connectivity index (χ2v) is 4.64. The Morgan fingerprint density at radius 3 is 2.45 bits per heavy atom. The van der Waals surface area contributed by atoms with E-state index >= 15 is 0 Å². The summed E-state index contributed by atoms with van der Waals surface area (Å²) in [4.78, 5) is 14.7. The summed E-state index contributed by atoms with van der Waals surface area (Å²) in [7, 11) is 0. The minimum absolute atomic E-state index is 0. The number of aliphatic imine (C=N–C) groups is 1. The molecule has 108 valence electrons. The zero-order valence-electron chi connectivity index (χ0n) is 11.0. The van der Waals surface area contributed by atoms with E-state index in [4.69, 9.17) is 16.3 Å². The van der Waals surface area contributed by atoms with Crippen molar-refractivity contribution in [1.82, 2.24) is 0 Å². The maximum atomic E-state index is 10.6. The smallest absolute Gasteiger partial charge is 0.269 e. The normalized spacial score (nSPS) is 22.9. The molecule has 0 spiro atoms. The van der Waals surface area contributed by atoms with E-state index in [0.717, 1.165) is 6.42 Å². The van der Waals surface area contributed by atoms with E-state index in [1.165, 1.54) is 17.7 Å². The minimum atomic E-state index is -0.473. The van der Waals surface area contributed by atoms with Gasteiger partial charge in [-0.3, -0.25) is 10.1 Å². The highest BCUT2D eigenvalue weighted by atomic mass is 35.5. The summed E-state index contributed by atoms with van der Waals surface area (Å²) in [5.41, 5.74) is 1.64. The second-order valence-electron chi connectivity index (χ2n) is 4.42. The number of nitro groups is 1. The lowest BCUT2D eigenvalue weighted by atomic mass is 9.99. The van der Waals surface area contributed by atoms with E-state index in [2.05, 4.69) is 4.99 Å². The van der Waals surface area contributed by atoms with Gasteiger partial charge in [-0.2, -0.15) is 0 Å². The highest BCUT2D eigenvalue weighted by Gasteiger charge is 2.36. The molecule has 1 heterocycles. The summed E-state index contributed by atoms with van der Waals surface area (Å²) < 4.78 is 5.61. The zero-order chi connectivity index (χ0) is 14.0. The van der Waals surface area contributed by atoms with E-state index in [-0.39, 0.29) is 18.1 Å². The number of hydrogen-bond donors (Lipinski definition) is 0. The van der Waals surface area contributed by atoms with Crippen LogP contribution in [0.1, 0.15) is 25.8 Å². The van der Waals surface area contributed by atoms with Gasteiger partial charge in [-0.25, -0.2) is 4.99 Å². The predicted octanol–water partition coefficient (Wildman–Crippen LogP) is 4.04. The molecule has 0 aliphatic carbocycles. The van der Waals surface area contributed by atoms with E-state index in [0.29, 0.717) is 17.2 Å². The van der Waals surface area contributed by atoms with Crippen LogP contribution in [0.4, 0.5) is 5.69 Å². The van der Waals surface area contributed by atoms with Gasteiger partial charge in [0, 0.05) is 23.2 Å². The summed E-state index contributed by atoms with van der Waals surface area (Å²) in [6.07, 6.45) is 0.752. The maximum Gasteiger partial charge on any atom is 0.269 e. The molecule has 0 saturated carbocycles. The Balaban J connectivity index is 0.00000200. The zero-order valence-corrected chi connectivity index (χ0v) is 12.6. The fourth-order valence-corrected chi connectivity index (χ4v) is 2.04. The van der Waals surface area contributed by atoms with Crippen molar-refractivity contribution in [2.24, 2.45) is 4.99 Å². The molecular weight excluding hydrogens is 303 g/mol. The van der Waals surface area contributed by atoms with Crippen molar-refractivity contribution >= 4 is 35.6 Å². The van der Waals surface area contributed by atoms with Crippen molar-refractivity contribution in [3.63, 3.8) is 0 Å². The van der Waals surface area contributed by atoms with Gasteiger partial charge < -0.3 is 4.74 Å². The Kier molecular flexibility index (Phi) is 5.14. The standard InChI is InChI=1S/C13H13ClN2O3.ClH/c1-3-13(2)11(8-14)19-12(15-13)9-4-6-10(7-5-9)16(17)18;/h4-8H,3H2,1-2H3;1H. The van der Waals surface area contributed by atoms with Gasteiger partial charge in [-0.05, 0) is 25.5 Å². The van der Waals surface area contributed by atoms with Crippen molar-refractivity contribution in [1.29, 1.82) is 0 Å². The molecule has 0 radical (unpaired) electrons. The third-order valence-electron chi connectivity index (χ3n) is 3.20. The molecule has 5 nitrogen and oxygen atoms in total. The third-order valence-corrected chi connectivity index (χ3v) is 3.40. The first kappa shape index (κ1) is 16.5. The van der Waals surface area contributed by atoms with Crippen molar-refractivity contribution in [2.75, 3.05) is 0 Å². The van der Waals surface area contributed by atoms with Crippen LogP contribution in [0.15, 0.2) is 40.6 Å². The van der Waals surface area contributed by atoms with Crippen molar-refractivity contribution in [2.45, 2.75) is 25.8 Å². The molecule has 1 aliphatic heterocycles. The van der Waals surface area contributed by atoms with Gasteiger partial charge in [-0.15, -0.1) is 12.4 Å². The van der Waals surface area contributed by atoms with Crippen LogP contribution in [0.25, 0.3) is 0 Å². The molecule has 0 aromatic heterocycles. The number of rotatable bonds is 3. The number of ether oxygens (including phenoxy) is 1. The maximum absolute atomic E-state index is 10.6. The Morgan fingerprint density at radius 2 is 2.05 bits per heavy atom. The van der Waals surface area contributed by atoms with Gasteiger partial charge in [0.15, 0.2) is 0 Å². The summed E-state index contributed by atoms with van der Waals surface area (Å²) in [5, 5.41) is 10.6. The summed E-state index contributed by atoms with van der Waals surface area (Å²) >= 11 is 5.74. The lowest BCUT2D eigenvalue weighted by Gasteiger charge is -2.16. The van der Waals surface area contributed by atoms with Gasteiger partial charge in [0.1, 0.15) is 11.3 Å². The molecule has 7 heteroatoms. The highest BCUT2D eigenvalue weighted by molar-refractivity contribution is 6.26. The second kappa shape index (κ2) is 6.24. The molecule has 0 N–H and O–H groups in total. The molecule has 1 aromatic rings. The summed E-state index contributed by atoms with van der Waals surface area (Å²) in [6.45, 7) is 3.92. The largest absolute Gasteiger partial charge is 0.440 e. The van der Waals surface area contributed by atoms with Gasteiger partial charge >= 0.3 is 0 Å². The van der Waals surface area contributed by atoms with Crippen LogP contribution in [0, 0.1) is 10.1 Å². The molecule has 2 rings (SSSR count). The number of nitrogens with zero attached hydrogens (tertiary/aromatic N) is 2. The van der Waals surface area contributed by atoms with Crippen LogP contribution in [0.3, 0.4) is 0 Å². The predicted molar refractivity (Wildman–Crippen MR) is 80.6 cm³/mol. The Bertz CT molecular complexity index is 569. The molecule has 1 aromatic carbocycles. The molecule has 20 heavy (non-hydrogen) atoms. The van der Waals surface area contributed by atoms with Gasteiger partial charge in [-0.1, -0.05) is 18.5 Å². The summed E-state index contributed by atoms with van der Waals surface area (Å²) in [6, 6.07) is 6.08. The Labute approximate surface area is 127 Å². The minimum Gasteiger partial charge on any atom is -0.440 e. The fourth-order valence-electron chi connectivity index (χ4n) is 1.76. The molecule has 1 unspecified atom stereocenters. The van der Waals surface area contributed by atoms with E-state index < -0.39 is 10.5 Å². The van der Waals surface area contributed by atoms with E-state index in [9.17, 15) is 10.1 Å².